The van der Waals surface area contributed by atoms with Crippen LogP contribution in [-0.2, 0) is 9.59 Å². The smallest absolute Gasteiger partial charge is 0.316 e. The maximum absolute atomic E-state index is 11.9. The normalized spacial score (nSPS) is 12.3. The fraction of sp³-hybridized carbons (Fsp3) is 0.385. The number of nitrogens with one attached hydrogen (secondary N) is 1. The molecule has 4 nitrogen and oxygen atoms in total. The monoisotopic (exact) mass is 313 g/mol. The second-order valence-corrected chi connectivity index (χ2v) is 5.39. The van der Waals surface area contributed by atoms with Crippen molar-refractivity contribution in [1.29, 1.82) is 0 Å². The van der Waals surface area contributed by atoms with Crippen LogP contribution in [0.1, 0.15) is 19.4 Å². The van der Waals surface area contributed by atoms with Crippen LogP contribution in [0.25, 0.3) is 0 Å². The molecule has 0 radical (unpaired) electrons. The van der Waals surface area contributed by atoms with Gasteiger partial charge in [-0.1, -0.05) is 19.9 Å². The number of carbonyl (C=O) groups is 2. The standard InChI is InChI=1S/C13H16BrNO3/c1-7(2)11(13(17)18)12(16)15-10-5-4-8(3)6-9(10)14/h4-7,11H,1-3H3,(H,15,16)(H,17,18). The van der Waals surface area contributed by atoms with E-state index in [9.17, 15) is 9.59 Å². The number of benzene rings is 1. The van der Waals surface area contributed by atoms with Gasteiger partial charge in [-0.2, -0.15) is 0 Å². The minimum atomic E-state index is -1.11. The minimum absolute atomic E-state index is 0.258. The van der Waals surface area contributed by atoms with E-state index in [2.05, 4.69) is 21.2 Å². The lowest BCUT2D eigenvalue weighted by molar-refractivity contribution is -0.147. The van der Waals surface area contributed by atoms with Crippen LogP contribution in [-0.4, -0.2) is 17.0 Å². The predicted molar refractivity (Wildman–Crippen MR) is 73.5 cm³/mol. The Balaban J connectivity index is 2.89. The number of hydrogen-bond acceptors (Lipinski definition) is 2. The Hall–Kier alpha value is -1.36. The van der Waals surface area contributed by atoms with Gasteiger partial charge in [-0.3, -0.25) is 9.59 Å². The van der Waals surface area contributed by atoms with Gasteiger partial charge in [0.05, 0.1) is 5.69 Å². The fourth-order valence-electron chi connectivity index (χ4n) is 1.63. The lowest BCUT2D eigenvalue weighted by Crippen LogP contribution is -2.33. The number of carboxylic acid groups (broad SMARTS) is 1. The molecule has 1 atom stereocenters. The topological polar surface area (TPSA) is 66.4 Å². The van der Waals surface area contributed by atoms with Crippen molar-refractivity contribution >= 4 is 33.5 Å². The summed E-state index contributed by atoms with van der Waals surface area (Å²) in [7, 11) is 0. The van der Waals surface area contributed by atoms with Gasteiger partial charge in [0.15, 0.2) is 0 Å². The third-order valence-corrected chi connectivity index (χ3v) is 3.25. The molecule has 1 aromatic rings. The van der Waals surface area contributed by atoms with E-state index < -0.39 is 17.8 Å². The summed E-state index contributed by atoms with van der Waals surface area (Å²) in [6, 6.07) is 5.46. The molecule has 2 N–H and O–H groups in total. The van der Waals surface area contributed by atoms with E-state index in [-0.39, 0.29) is 5.92 Å². The summed E-state index contributed by atoms with van der Waals surface area (Å²) in [4.78, 5) is 23.0. The molecule has 0 heterocycles. The molecule has 0 saturated heterocycles. The van der Waals surface area contributed by atoms with E-state index in [1.807, 2.05) is 19.1 Å². The number of anilines is 1. The first-order chi connectivity index (χ1) is 8.32. The Morgan fingerprint density at radius 3 is 2.39 bits per heavy atom. The largest absolute Gasteiger partial charge is 0.481 e. The molecule has 1 aromatic carbocycles. The second-order valence-electron chi connectivity index (χ2n) is 4.53. The van der Waals surface area contributed by atoms with Crippen molar-refractivity contribution in [1.82, 2.24) is 0 Å². The fourth-order valence-corrected chi connectivity index (χ4v) is 2.22. The van der Waals surface area contributed by atoms with Crippen LogP contribution in [0.2, 0.25) is 0 Å². The maximum atomic E-state index is 11.9. The summed E-state index contributed by atoms with van der Waals surface area (Å²) < 4.78 is 0.740. The van der Waals surface area contributed by atoms with Gasteiger partial charge >= 0.3 is 5.97 Å². The lowest BCUT2D eigenvalue weighted by Gasteiger charge is -2.16. The summed E-state index contributed by atoms with van der Waals surface area (Å²) in [6.07, 6.45) is 0. The quantitative estimate of drug-likeness (QED) is 0.840. The average molecular weight is 314 g/mol. The highest BCUT2D eigenvalue weighted by Gasteiger charge is 2.29. The van der Waals surface area contributed by atoms with Crippen LogP contribution in [0.15, 0.2) is 22.7 Å². The Morgan fingerprint density at radius 1 is 1.33 bits per heavy atom. The van der Waals surface area contributed by atoms with E-state index in [0.29, 0.717) is 5.69 Å². The van der Waals surface area contributed by atoms with Gasteiger partial charge in [0.25, 0.3) is 0 Å². The van der Waals surface area contributed by atoms with Gasteiger partial charge < -0.3 is 10.4 Å². The zero-order valence-electron chi connectivity index (χ0n) is 10.5. The molecule has 0 fully saturated rings. The second kappa shape index (κ2) is 6.00. The Morgan fingerprint density at radius 2 is 1.94 bits per heavy atom. The highest BCUT2D eigenvalue weighted by molar-refractivity contribution is 9.10. The number of amides is 1. The molecular weight excluding hydrogens is 298 g/mol. The van der Waals surface area contributed by atoms with E-state index in [0.717, 1.165) is 10.0 Å². The number of aliphatic carboxylic acids is 1. The molecule has 18 heavy (non-hydrogen) atoms. The van der Waals surface area contributed by atoms with Crippen molar-refractivity contribution in [3.63, 3.8) is 0 Å². The molecule has 0 aliphatic carbocycles. The number of aryl methyl sites for hydroxylation is 1. The van der Waals surface area contributed by atoms with Crippen molar-refractivity contribution in [2.24, 2.45) is 11.8 Å². The molecule has 5 heteroatoms. The highest BCUT2D eigenvalue weighted by Crippen LogP contribution is 2.24. The molecule has 1 rings (SSSR count). The first-order valence-corrected chi connectivity index (χ1v) is 6.42. The first kappa shape index (κ1) is 14.7. The Kier molecular flexibility index (Phi) is 4.90. The molecule has 1 amide bonds. The van der Waals surface area contributed by atoms with Crippen LogP contribution in [0.4, 0.5) is 5.69 Å². The minimum Gasteiger partial charge on any atom is -0.481 e. The van der Waals surface area contributed by atoms with Gasteiger partial charge in [0.2, 0.25) is 5.91 Å². The number of hydrogen-bond donors (Lipinski definition) is 2. The van der Waals surface area contributed by atoms with Gasteiger partial charge in [0.1, 0.15) is 5.92 Å². The maximum Gasteiger partial charge on any atom is 0.316 e. The molecule has 98 valence electrons. The van der Waals surface area contributed by atoms with Crippen molar-refractivity contribution in [3.05, 3.63) is 28.2 Å². The van der Waals surface area contributed by atoms with Crippen molar-refractivity contribution in [2.75, 3.05) is 5.32 Å². The summed E-state index contributed by atoms with van der Waals surface area (Å²) in [5, 5.41) is 11.7. The highest BCUT2D eigenvalue weighted by atomic mass is 79.9. The average Bonchev–Trinajstić information content (AvgIpc) is 2.21. The third kappa shape index (κ3) is 3.57. The van der Waals surface area contributed by atoms with Gasteiger partial charge in [-0.05, 0) is 46.5 Å². The van der Waals surface area contributed by atoms with Crippen molar-refractivity contribution in [3.8, 4) is 0 Å². The number of halogens is 1. The molecule has 0 spiro atoms. The number of carboxylic acids is 1. The summed E-state index contributed by atoms with van der Waals surface area (Å²) in [5.41, 5.74) is 1.64. The van der Waals surface area contributed by atoms with E-state index in [1.54, 1.807) is 19.9 Å². The molecule has 0 aliphatic rings. The number of rotatable bonds is 4. The molecule has 0 saturated carbocycles. The molecule has 1 unspecified atom stereocenters. The zero-order valence-corrected chi connectivity index (χ0v) is 12.1. The molecular formula is C13H16BrNO3. The van der Waals surface area contributed by atoms with Crippen LogP contribution >= 0.6 is 15.9 Å². The van der Waals surface area contributed by atoms with Gasteiger partial charge in [-0.25, -0.2) is 0 Å². The third-order valence-electron chi connectivity index (χ3n) is 2.60. The summed E-state index contributed by atoms with van der Waals surface area (Å²) >= 11 is 3.34. The van der Waals surface area contributed by atoms with Gasteiger partial charge in [-0.15, -0.1) is 0 Å². The number of carbonyl (C=O) groups excluding carboxylic acids is 1. The zero-order chi connectivity index (χ0) is 13.9. The first-order valence-electron chi connectivity index (χ1n) is 5.62. The van der Waals surface area contributed by atoms with Crippen LogP contribution in [0.5, 0.6) is 0 Å². The van der Waals surface area contributed by atoms with Gasteiger partial charge in [0, 0.05) is 4.47 Å². The van der Waals surface area contributed by atoms with E-state index in [4.69, 9.17) is 5.11 Å². The summed E-state index contributed by atoms with van der Waals surface area (Å²) in [6.45, 7) is 5.36. The Bertz CT molecular complexity index is 471. The predicted octanol–water partition coefficient (Wildman–Crippen LogP) is 3.05. The van der Waals surface area contributed by atoms with Crippen LogP contribution in [0, 0.1) is 18.8 Å². The van der Waals surface area contributed by atoms with Crippen LogP contribution < -0.4 is 5.32 Å². The Labute approximate surface area is 115 Å². The molecule has 0 bridgehead atoms. The van der Waals surface area contributed by atoms with Crippen molar-refractivity contribution in [2.45, 2.75) is 20.8 Å². The van der Waals surface area contributed by atoms with E-state index >= 15 is 0 Å². The van der Waals surface area contributed by atoms with Crippen molar-refractivity contribution < 1.29 is 14.7 Å². The van der Waals surface area contributed by atoms with Crippen LogP contribution in [0.3, 0.4) is 0 Å². The summed E-state index contributed by atoms with van der Waals surface area (Å²) in [5.74, 6) is -2.90. The molecule has 0 aliphatic heterocycles. The van der Waals surface area contributed by atoms with E-state index in [1.165, 1.54) is 0 Å². The SMILES string of the molecule is Cc1ccc(NC(=O)C(C(=O)O)C(C)C)c(Br)c1. The molecule has 0 aromatic heterocycles. The lowest BCUT2D eigenvalue weighted by atomic mass is 9.95.